The Morgan fingerprint density at radius 3 is 2.48 bits per heavy atom. The second kappa shape index (κ2) is 6.11. The minimum Gasteiger partial charge on any atom is -0.502 e. The van der Waals surface area contributed by atoms with Crippen molar-refractivity contribution in [2.45, 2.75) is 38.6 Å². The zero-order valence-electron chi connectivity index (χ0n) is 12.3. The molecule has 1 N–H and O–H groups in total. The Morgan fingerprint density at radius 2 is 1.95 bits per heavy atom. The van der Waals surface area contributed by atoms with E-state index in [9.17, 15) is 20.0 Å². The zero-order chi connectivity index (χ0) is 15.6. The lowest BCUT2D eigenvalue weighted by Crippen LogP contribution is -2.39. The Labute approximate surface area is 123 Å². The molecule has 114 valence electrons. The van der Waals surface area contributed by atoms with Crippen molar-refractivity contribution in [1.82, 2.24) is 4.90 Å². The molecule has 1 aliphatic rings. The SMILES string of the molecule is CC1CCC(N(C)C(=O)c2ccc([N+](=O)[O-])c(O)c2)CC1. The fraction of sp³-hybridized carbons (Fsp3) is 0.533. The van der Waals surface area contributed by atoms with Gasteiger partial charge in [-0.25, -0.2) is 0 Å². The van der Waals surface area contributed by atoms with Crippen molar-refractivity contribution < 1.29 is 14.8 Å². The van der Waals surface area contributed by atoms with E-state index in [0.29, 0.717) is 5.92 Å². The van der Waals surface area contributed by atoms with Gasteiger partial charge >= 0.3 is 5.69 Å². The maximum Gasteiger partial charge on any atom is 0.310 e. The van der Waals surface area contributed by atoms with Crippen molar-refractivity contribution >= 4 is 11.6 Å². The number of amides is 1. The lowest BCUT2D eigenvalue weighted by molar-refractivity contribution is -0.385. The van der Waals surface area contributed by atoms with E-state index in [-0.39, 0.29) is 23.2 Å². The Bertz CT molecular complexity index is 551. The van der Waals surface area contributed by atoms with E-state index < -0.39 is 10.7 Å². The summed E-state index contributed by atoms with van der Waals surface area (Å²) in [5.74, 6) is 0.0180. The van der Waals surface area contributed by atoms with Gasteiger partial charge in [0.15, 0.2) is 5.75 Å². The standard InChI is InChI=1S/C15H20N2O4/c1-10-3-6-12(7-4-10)16(2)15(19)11-5-8-13(17(20)21)14(18)9-11/h5,8-10,12,18H,3-4,6-7H2,1-2H3. The van der Waals surface area contributed by atoms with Crippen molar-refractivity contribution in [2.75, 3.05) is 7.05 Å². The molecule has 0 saturated heterocycles. The van der Waals surface area contributed by atoms with Crippen molar-refractivity contribution in [1.29, 1.82) is 0 Å². The maximum absolute atomic E-state index is 12.4. The van der Waals surface area contributed by atoms with E-state index in [1.165, 1.54) is 18.2 Å². The number of nitro groups is 1. The molecule has 1 aromatic rings. The van der Waals surface area contributed by atoms with Gasteiger partial charge in [-0.15, -0.1) is 0 Å². The van der Waals surface area contributed by atoms with Crippen LogP contribution in [0.25, 0.3) is 0 Å². The van der Waals surface area contributed by atoms with E-state index in [1.807, 2.05) is 0 Å². The molecule has 1 amide bonds. The fourth-order valence-corrected chi connectivity index (χ4v) is 2.81. The summed E-state index contributed by atoms with van der Waals surface area (Å²) >= 11 is 0. The van der Waals surface area contributed by atoms with Crippen LogP contribution in [0.5, 0.6) is 5.75 Å². The van der Waals surface area contributed by atoms with Gasteiger partial charge in [0.2, 0.25) is 0 Å². The minimum absolute atomic E-state index is 0.200. The second-order valence-corrected chi connectivity index (χ2v) is 5.79. The lowest BCUT2D eigenvalue weighted by atomic mass is 9.86. The predicted octanol–water partition coefficient (Wildman–Crippen LogP) is 2.95. The normalized spacial score (nSPS) is 21.8. The Balaban J connectivity index is 2.12. The van der Waals surface area contributed by atoms with Gasteiger partial charge in [0.1, 0.15) is 0 Å². The molecule has 2 rings (SSSR count). The largest absolute Gasteiger partial charge is 0.502 e. The molecule has 0 aromatic heterocycles. The molecule has 0 radical (unpaired) electrons. The number of phenolic OH excluding ortho intramolecular Hbond substituents is 1. The first-order valence-electron chi connectivity index (χ1n) is 7.14. The number of carbonyl (C=O) groups is 1. The number of nitrogens with zero attached hydrogens (tertiary/aromatic N) is 2. The van der Waals surface area contributed by atoms with Gasteiger partial charge in [-0.2, -0.15) is 0 Å². The molecule has 0 bridgehead atoms. The third-order valence-electron chi connectivity index (χ3n) is 4.27. The van der Waals surface area contributed by atoms with E-state index >= 15 is 0 Å². The highest BCUT2D eigenvalue weighted by Crippen LogP contribution is 2.29. The van der Waals surface area contributed by atoms with Gasteiger partial charge in [0.25, 0.3) is 5.91 Å². The molecule has 6 heteroatoms. The highest BCUT2D eigenvalue weighted by atomic mass is 16.6. The van der Waals surface area contributed by atoms with Crippen molar-refractivity contribution in [3.8, 4) is 5.75 Å². The smallest absolute Gasteiger partial charge is 0.310 e. The molecule has 0 unspecified atom stereocenters. The molecule has 0 atom stereocenters. The van der Waals surface area contributed by atoms with E-state index in [0.717, 1.165) is 25.7 Å². The van der Waals surface area contributed by atoms with Crippen LogP contribution in [0.1, 0.15) is 43.0 Å². The van der Waals surface area contributed by atoms with Crippen LogP contribution in [0.3, 0.4) is 0 Å². The highest BCUT2D eigenvalue weighted by Gasteiger charge is 2.26. The van der Waals surface area contributed by atoms with Crippen LogP contribution in [0.4, 0.5) is 5.69 Å². The minimum atomic E-state index is -0.671. The van der Waals surface area contributed by atoms with Crippen LogP contribution in [0.2, 0.25) is 0 Å². The van der Waals surface area contributed by atoms with Crippen LogP contribution in [0, 0.1) is 16.0 Å². The molecule has 0 spiro atoms. The first kappa shape index (κ1) is 15.3. The Morgan fingerprint density at radius 1 is 1.33 bits per heavy atom. The van der Waals surface area contributed by atoms with E-state index in [4.69, 9.17) is 0 Å². The van der Waals surface area contributed by atoms with E-state index in [2.05, 4.69) is 6.92 Å². The molecule has 1 aliphatic carbocycles. The highest BCUT2D eigenvalue weighted by molar-refractivity contribution is 5.95. The van der Waals surface area contributed by atoms with Gasteiger partial charge in [-0.3, -0.25) is 14.9 Å². The Hall–Kier alpha value is -2.11. The lowest BCUT2D eigenvalue weighted by Gasteiger charge is -2.33. The van der Waals surface area contributed by atoms with Gasteiger partial charge < -0.3 is 10.0 Å². The number of hydrogen-bond donors (Lipinski definition) is 1. The number of aromatic hydroxyl groups is 1. The second-order valence-electron chi connectivity index (χ2n) is 5.79. The average molecular weight is 292 g/mol. The van der Waals surface area contributed by atoms with Crippen LogP contribution in [0.15, 0.2) is 18.2 Å². The third kappa shape index (κ3) is 3.32. The first-order valence-corrected chi connectivity index (χ1v) is 7.14. The van der Waals surface area contributed by atoms with Gasteiger partial charge in [0, 0.05) is 24.7 Å². The van der Waals surface area contributed by atoms with Crippen molar-refractivity contribution in [2.24, 2.45) is 5.92 Å². The summed E-state index contributed by atoms with van der Waals surface area (Å²) in [6, 6.07) is 3.93. The number of phenols is 1. The van der Waals surface area contributed by atoms with Crippen LogP contribution in [-0.4, -0.2) is 33.9 Å². The zero-order valence-corrected chi connectivity index (χ0v) is 12.3. The molecule has 0 aliphatic heterocycles. The summed E-state index contributed by atoms with van der Waals surface area (Å²) in [5, 5.41) is 20.3. The summed E-state index contributed by atoms with van der Waals surface area (Å²) in [4.78, 5) is 24.1. The van der Waals surface area contributed by atoms with Crippen LogP contribution >= 0.6 is 0 Å². The molecule has 6 nitrogen and oxygen atoms in total. The first-order chi connectivity index (χ1) is 9.90. The van der Waals surface area contributed by atoms with Crippen LogP contribution < -0.4 is 0 Å². The topological polar surface area (TPSA) is 83.7 Å². The number of benzene rings is 1. The molecule has 21 heavy (non-hydrogen) atoms. The molecule has 1 fully saturated rings. The summed E-state index contributed by atoms with van der Waals surface area (Å²) in [6.07, 6.45) is 4.16. The average Bonchev–Trinajstić information content (AvgIpc) is 2.46. The van der Waals surface area contributed by atoms with E-state index in [1.54, 1.807) is 11.9 Å². The Kier molecular flexibility index (Phi) is 4.45. The number of carbonyl (C=O) groups excluding carboxylic acids is 1. The number of hydrogen-bond acceptors (Lipinski definition) is 4. The summed E-state index contributed by atoms with van der Waals surface area (Å²) in [6.45, 7) is 2.21. The summed E-state index contributed by atoms with van der Waals surface area (Å²) in [7, 11) is 1.75. The van der Waals surface area contributed by atoms with Gasteiger partial charge in [0.05, 0.1) is 4.92 Å². The number of nitro benzene ring substituents is 1. The molecular formula is C15H20N2O4. The van der Waals surface area contributed by atoms with Crippen LogP contribution in [-0.2, 0) is 0 Å². The van der Waals surface area contributed by atoms with Crippen molar-refractivity contribution in [3.05, 3.63) is 33.9 Å². The maximum atomic E-state index is 12.4. The monoisotopic (exact) mass is 292 g/mol. The summed E-state index contributed by atoms with van der Waals surface area (Å²) < 4.78 is 0. The third-order valence-corrected chi connectivity index (χ3v) is 4.27. The van der Waals surface area contributed by atoms with Gasteiger partial charge in [-0.1, -0.05) is 6.92 Å². The number of rotatable bonds is 3. The molecule has 1 aromatic carbocycles. The molecular weight excluding hydrogens is 272 g/mol. The quantitative estimate of drug-likeness (QED) is 0.685. The molecule has 1 saturated carbocycles. The van der Waals surface area contributed by atoms with Gasteiger partial charge in [-0.05, 0) is 43.7 Å². The molecule has 0 heterocycles. The summed E-state index contributed by atoms with van der Waals surface area (Å²) in [5.41, 5.74) is -0.111. The van der Waals surface area contributed by atoms with Crippen molar-refractivity contribution in [3.63, 3.8) is 0 Å². The fourth-order valence-electron chi connectivity index (χ4n) is 2.81. The predicted molar refractivity (Wildman–Crippen MR) is 78.3 cm³/mol.